The highest BCUT2D eigenvalue weighted by Crippen LogP contribution is 2.22. The first-order valence-electron chi connectivity index (χ1n) is 5.83. The number of para-hydroxylation sites is 2. The third-order valence-electron chi connectivity index (χ3n) is 2.72. The number of imidazole rings is 1. The van der Waals surface area contributed by atoms with Gasteiger partial charge in [0.2, 0.25) is 0 Å². The third kappa shape index (κ3) is 2.35. The summed E-state index contributed by atoms with van der Waals surface area (Å²) in [6.07, 6.45) is -0.0190. The number of nitrogens with zero attached hydrogens (tertiary/aromatic N) is 3. The van der Waals surface area contributed by atoms with Gasteiger partial charge in [0.25, 0.3) is 0 Å². The zero-order chi connectivity index (χ0) is 13.0. The molecule has 0 amide bonds. The van der Waals surface area contributed by atoms with Crippen LogP contribution < -0.4 is 0 Å². The standard InChI is InChI=1S/C13H15N3O2/c1-10(18-9-8-17)16-12-5-3-2-4-11(12)15-13(16)6-7-14/h2-5,10,17H,6,8-9H2,1H3. The fourth-order valence-corrected chi connectivity index (χ4v) is 1.99. The van der Waals surface area contributed by atoms with Crippen LogP contribution in [0, 0.1) is 11.3 Å². The number of hydrogen-bond acceptors (Lipinski definition) is 4. The zero-order valence-electron chi connectivity index (χ0n) is 10.2. The van der Waals surface area contributed by atoms with Crippen LogP contribution in [0.25, 0.3) is 11.0 Å². The van der Waals surface area contributed by atoms with Gasteiger partial charge in [-0.05, 0) is 19.1 Å². The van der Waals surface area contributed by atoms with Crippen molar-refractivity contribution in [3.05, 3.63) is 30.1 Å². The van der Waals surface area contributed by atoms with E-state index in [1.807, 2.05) is 35.8 Å². The average molecular weight is 245 g/mol. The Morgan fingerprint density at radius 3 is 3.00 bits per heavy atom. The van der Waals surface area contributed by atoms with Crippen LogP contribution in [0.1, 0.15) is 19.0 Å². The molecular formula is C13H15N3O2. The molecule has 0 radical (unpaired) electrons. The normalized spacial score (nSPS) is 12.5. The Labute approximate surface area is 105 Å². The summed E-state index contributed by atoms with van der Waals surface area (Å²) in [5, 5.41) is 17.6. The minimum Gasteiger partial charge on any atom is -0.394 e. The second-order valence-corrected chi connectivity index (χ2v) is 3.92. The molecule has 1 unspecified atom stereocenters. The number of hydrogen-bond donors (Lipinski definition) is 1. The third-order valence-corrected chi connectivity index (χ3v) is 2.72. The highest BCUT2D eigenvalue weighted by atomic mass is 16.5. The van der Waals surface area contributed by atoms with Crippen molar-refractivity contribution in [1.29, 1.82) is 5.26 Å². The maximum Gasteiger partial charge on any atom is 0.132 e. The fraction of sp³-hybridized carbons (Fsp3) is 0.385. The highest BCUT2D eigenvalue weighted by molar-refractivity contribution is 5.76. The van der Waals surface area contributed by atoms with Crippen molar-refractivity contribution in [2.45, 2.75) is 19.6 Å². The first-order valence-corrected chi connectivity index (χ1v) is 5.83. The van der Waals surface area contributed by atoms with Crippen LogP contribution in [0.2, 0.25) is 0 Å². The second-order valence-electron chi connectivity index (χ2n) is 3.92. The number of benzene rings is 1. The van der Waals surface area contributed by atoms with Gasteiger partial charge in [0, 0.05) is 0 Å². The van der Waals surface area contributed by atoms with E-state index in [1.165, 1.54) is 0 Å². The minimum atomic E-state index is -0.257. The van der Waals surface area contributed by atoms with Gasteiger partial charge in [-0.15, -0.1) is 0 Å². The molecule has 0 fully saturated rings. The first kappa shape index (κ1) is 12.6. The maximum atomic E-state index is 8.84. The Morgan fingerprint density at radius 1 is 1.50 bits per heavy atom. The predicted molar refractivity (Wildman–Crippen MR) is 66.8 cm³/mol. The van der Waals surface area contributed by atoms with Crippen molar-refractivity contribution >= 4 is 11.0 Å². The zero-order valence-corrected chi connectivity index (χ0v) is 10.2. The van der Waals surface area contributed by atoms with E-state index in [0.29, 0.717) is 5.82 Å². The molecule has 0 bridgehead atoms. The molecule has 2 rings (SSSR count). The number of nitriles is 1. The molecule has 5 heteroatoms. The molecule has 94 valence electrons. The molecule has 1 aromatic heterocycles. The molecular weight excluding hydrogens is 230 g/mol. The SMILES string of the molecule is CC(OCCO)n1c(CC#N)nc2ccccc21. The van der Waals surface area contributed by atoms with E-state index in [-0.39, 0.29) is 25.9 Å². The molecule has 5 nitrogen and oxygen atoms in total. The molecule has 0 aliphatic rings. The molecule has 0 saturated carbocycles. The van der Waals surface area contributed by atoms with Crippen molar-refractivity contribution < 1.29 is 9.84 Å². The quantitative estimate of drug-likeness (QED) is 0.869. The van der Waals surface area contributed by atoms with Gasteiger partial charge in [-0.3, -0.25) is 0 Å². The molecule has 1 N–H and O–H groups in total. The van der Waals surface area contributed by atoms with Crippen LogP contribution in [-0.4, -0.2) is 27.9 Å². The molecule has 0 saturated heterocycles. The van der Waals surface area contributed by atoms with Gasteiger partial charge < -0.3 is 14.4 Å². The smallest absolute Gasteiger partial charge is 0.132 e. The second kappa shape index (κ2) is 5.63. The van der Waals surface area contributed by atoms with Crippen molar-refractivity contribution in [2.75, 3.05) is 13.2 Å². The number of aliphatic hydroxyl groups excluding tert-OH is 1. The predicted octanol–water partition coefficient (Wildman–Crippen LogP) is 1.63. The molecule has 0 aliphatic heterocycles. The Bertz CT molecular complexity index is 571. The lowest BCUT2D eigenvalue weighted by atomic mass is 10.3. The van der Waals surface area contributed by atoms with Crippen molar-refractivity contribution in [1.82, 2.24) is 9.55 Å². The van der Waals surface area contributed by atoms with E-state index in [2.05, 4.69) is 11.1 Å². The maximum absolute atomic E-state index is 8.84. The van der Waals surface area contributed by atoms with Gasteiger partial charge in [-0.25, -0.2) is 4.98 Å². The van der Waals surface area contributed by atoms with Crippen molar-refractivity contribution in [3.63, 3.8) is 0 Å². The molecule has 18 heavy (non-hydrogen) atoms. The largest absolute Gasteiger partial charge is 0.394 e. The fourth-order valence-electron chi connectivity index (χ4n) is 1.99. The van der Waals surface area contributed by atoms with E-state index >= 15 is 0 Å². The van der Waals surface area contributed by atoms with Crippen LogP contribution in [0.5, 0.6) is 0 Å². The lowest BCUT2D eigenvalue weighted by Gasteiger charge is -2.17. The first-order chi connectivity index (χ1) is 8.77. The summed E-state index contributed by atoms with van der Waals surface area (Å²) >= 11 is 0. The van der Waals surface area contributed by atoms with Gasteiger partial charge in [-0.1, -0.05) is 12.1 Å². The van der Waals surface area contributed by atoms with Crippen LogP contribution in [-0.2, 0) is 11.2 Å². The molecule has 1 atom stereocenters. The highest BCUT2D eigenvalue weighted by Gasteiger charge is 2.15. The average Bonchev–Trinajstić information content (AvgIpc) is 2.74. The van der Waals surface area contributed by atoms with Crippen LogP contribution in [0.4, 0.5) is 0 Å². The summed E-state index contributed by atoms with van der Waals surface area (Å²) < 4.78 is 7.39. The van der Waals surface area contributed by atoms with Gasteiger partial charge >= 0.3 is 0 Å². The van der Waals surface area contributed by atoms with Gasteiger partial charge in [0.1, 0.15) is 12.1 Å². The number of aromatic nitrogens is 2. The Kier molecular flexibility index (Phi) is 3.92. The lowest BCUT2D eigenvalue weighted by molar-refractivity contribution is -0.00186. The Morgan fingerprint density at radius 2 is 2.28 bits per heavy atom. The Balaban J connectivity index is 2.44. The van der Waals surface area contributed by atoms with E-state index in [1.54, 1.807) is 0 Å². The van der Waals surface area contributed by atoms with Crippen LogP contribution >= 0.6 is 0 Å². The molecule has 1 heterocycles. The summed E-state index contributed by atoms with van der Waals surface area (Å²) in [7, 11) is 0. The summed E-state index contributed by atoms with van der Waals surface area (Å²) in [6, 6.07) is 9.80. The summed E-state index contributed by atoms with van der Waals surface area (Å²) in [5.41, 5.74) is 1.79. The molecule has 0 spiro atoms. The topological polar surface area (TPSA) is 71.1 Å². The van der Waals surface area contributed by atoms with E-state index < -0.39 is 0 Å². The summed E-state index contributed by atoms with van der Waals surface area (Å²) in [6.45, 7) is 2.12. The van der Waals surface area contributed by atoms with E-state index in [4.69, 9.17) is 15.1 Å². The van der Waals surface area contributed by atoms with Crippen LogP contribution in [0.15, 0.2) is 24.3 Å². The van der Waals surface area contributed by atoms with Gasteiger partial charge in [0.05, 0.1) is 36.7 Å². The van der Waals surface area contributed by atoms with Crippen molar-refractivity contribution in [3.8, 4) is 6.07 Å². The minimum absolute atomic E-state index is 0.0233. The summed E-state index contributed by atoms with van der Waals surface area (Å²) in [5.74, 6) is 0.684. The Hall–Kier alpha value is -1.90. The van der Waals surface area contributed by atoms with E-state index in [9.17, 15) is 0 Å². The van der Waals surface area contributed by atoms with Crippen LogP contribution in [0.3, 0.4) is 0 Å². The van der Waals surface area contributed by atoms with Gasteiger partial charge in [-0.2, -0.15) is 5.26 Å². The monoisotopic (exact) mass is 245 g/mol. The number of rotatable bonds is 5. The number of ether oxygens (including phenoxy) is 1. The lowest BCUT2D eigenvalue weighted by Crippen LogP contribution is -2.14. The van der Waals surface area contributed by atoms with Gasteiger partial charge in [0.15, 0.2) is 0 Å². The molecule has 0 aliphatic carbocycles. The summed E-state index contributed by atoms with van der Waals surface area (Å²) in [4.78, 5) is 4.43. The molecule has 2 aromatic rings. The number of aliphatic hydroxyl groups is 1. The van der Waals surface area contributed by atoms with E-state index in [0.717, 1.165) is 11.0 Å². The van der Waals surface area contributed by atoms with Crippen molar-refractivity contribution in [2.24, 2.45) is 0 Å². The number of fused-ring (bicyclic) bond motifs is 1. The molecule has 1 aromatic carbocycles.